The molecule has 1 aromatic rings. The Kier molecular flexibility index (Phi) is 8.39. The van der Waals surface area contributed by atoms with Crippen LogP contribution in [0.2, 0.25) is 0 Å². The van der Waals surface area contributed by atoms with Crippen LogP contribution in [0.3, 0.4) is 0 Å². The van der Waals surface area contributed by atoms with Crippen molar-refractivity contribution in [1.82, 2.24) is 15.1 Å². The number of hydrogen-bond donors (Lipinski definition) is 1. The number of aliphatic imine (C=N–C) groups is 1. The second-order valence-electron chi connectivity index (χ2n) is 7.92. The summed E-state index contributed by atoms with van der Waals surface area (Å²) in [5, 5.41) is 3.44. The van der Waals surface area contributed by atoms with Crippen molar-refractivity contribution >= 4 is 35.8 Å². The zero-order chi connectivity index (χ0) is 19.3. The van der Waals surface area contributed by atoms with Crippen LogP contribution in [-0.4, -0.2) is 62.0 Å². The van der Waals surface area contributed by atoms with E-state index in [2.05, 4.69) is 17.1 Å². The van der Waals surface area contributed by atoms with Gasteiger partial charge in [-0.3, -0.25) is 4.79 Å². The smallest absolute Gasteiger partial charge is 0.259 e. The average molecular weight is 500 g/mol. The standard InChI is InChI=1S/C21H32N4O2.HI/c1-4-22-20(25-12-11-21(16-25)9-6-10-21)23-14-17-7-5-8-18(13-17)27-15-19(26)24(2)3;/h5,7-8,13H,4,6,9-12,14-16H2,1-3H3,(H,22,23);1H. The van der Waals surface area contributed by atoms with Gasteiger partial charge in [-0.15, -0.1) is 24.0 Å². The molecule has 1 N–H and O–H groups in total. The van der Waals surface area contributed by atoms with Crippen LogP contribution in [0.4, 0.5) is 0 Å². The van der Waals surface area contributed by atoms with Gasteiger partial charge in [0.05, 0.1) is 6.54 Å². The van der Waals surface area contributed by atoms with Gasteiger partial charge in [-0.1, -0.05) is 18.6 Å². The van der Waals surface area contributed by atoms with Crippen LogP contribution in [0.5, 0.6) is 5.75 Å². The summed E-state index contributed by atoms with van der Waals surface area (Å²) in [5.74, 6) is 1.67. The molecule has 156 valence electrons. The first-order valence-electron chi connectivity index (χ1n) is 9.96. The molecule has 1 saturated carbocycles. The van der Waals surface area contributed by atoms with E-state index in [0.29, 0.717) is 17.7 Å². The molecule has 1 amide bonds. The van der Waals surface area contributed by atoms with Gasteiger partial charge in [-0.2, -0.15) is 0 Å². The lowest BCUT2D eigenvalue weighted by Crippen LogP contribution is -2.42. The van der Waals surface area contributed by atoms with Crippen molar-refractivity contribution in [2.24, 2.45) is 10.4 Å². The van der Waals surface area contributed by atoms with Crippen LogP contribution in [0, 0.1) is 5.41 Å². The van der Waals surface area contributed by atoms with Crippen LogP contribution in [-0.2, 0) is 11.3 Å². The molecular weight excluding hydrogens is 467 g/mol. The van der Waals surface area contributed by atoms with Crippen LogP contribution in [0.25, 0.3) is 0 Å². The van der Waals surface area contributed by atoms with Crippen LogP contribution >= 0.6 is 24.0 Å². The second kappa shape index (κ2) is 10.3. The molecule has 1 aromatic carbocycles. The molecule has 7 heteroatoms. The van der Waals surface area contributed by atoms with Gasteiger partial charge in [0.15, 0.2) is 12.6 Å². The maximum atomic E-state index is 11.7. The van der Waals surface area contributed by atoms with Crippen molar-refractivity contribution in [3.8, 4) is 5.75 Å². The Balaban J connectivity index is 0.00000280. The largest absolute Gasteiger partial charge is 0.484 e. The van der Waals surface area contributed by atoms with Crippen LogP contribution in [0.1, 0.15) is 38.2 Å². The number of nitrogens with one attached hydrogen (secondary N) is 1. The minimum Gasteiger partial charge on any atom is -0.484 e. The Morgan fingerprint density at radius 3 is 2.71 bits per heavy atom. The number of amides is 1. The van der Waals surface area contributed by atoms with E-state index in [1.165, 1.54) is 30.6 Å². The summed E-state index contributed by atoms with van der Waals surface area (Å²) in [4.78, 5) is 20.5. The Morgan fingerprint density at radius 1 is 1.32 bits per heavy atom. The fourth-order valence-corrected chi connectivity index (χ4v) is 3.80. The number of benzene rings is 1. The normalized spacial score (nSPS) is 17.7. The van der Waals surface area contributed by atoms with Crippen molar-refractivity contribution in [2.75, 3.05) is 40.3 Å². The molecule has 3 rings (SSSR count). The predicted octanol–water partition coefficient (Wildman–Crippen LogP) is 3.11. The summed E-state index contributed by atoms with van der Waals surface area (Å²) in [7, 11) is 3.45. The third kappa shape index (κ3) is 5.75. The number of ether oxygens (including phenoxy) is 1. The fraction of sp³-hybridized carbons (Fsp3) is 0.619. The number of likely N-dealkylation sites (tertiary alicyclic amines) is 1. The Labute approximate surface area is 185 Å². The van der Waals surface area contributed by atoms with Crippen LogP contribution in [0.15, 0.2) is 29.3 Å². The lowest BCUT2D eigenvalue weighted by Gasteiger charge is -2.38. The summed E-state index contributed by atoms with van der Waals surface area (Å²) in [6.07, 6.45) is 5.41. The molecule has 1 heterocycles. The van der Waals surface area contributed by atoms with Gasteiger partial charge < -0.3 is 19.9 Å². The zero-order valence-electron chi connectivity index (χ0n) is 17.2. The Morgan fingerprint density at radius 2 is 2.11 bits per heavy atom. The van der Waals surface area contributed by atoms with Crippen molar-refractivity contribution in [1.29, 1.82) is 0 Å². The van der Waals surface area contributed by atoms with Gasteiger partial charge in [0.2, 0.25) is 0 Å². The molecule has 6 nitrogen and oxygen atoms in total. The van der Waals surface area contributed by atoms with Gasteiger partial charge in [-0.05, 0) is 49.3 Å². The summed E-state index contributed by atoms with van der Waals surface area (Å²) < 4.78 is 5.61. The van der Waals surface area contributed by atoms with E-state index in [4.69, 9.17) is 9.73 Å². The molecule has 0 bridgehead atoms. The number of hydrogen-bond acceptors (Lipinski definition) is 3. The summed E-state index contributed by atoms with van der Waals surface area (Å²) in [6.45, 7) is 5.87. The molecule has 0 radical (unpaired) electrons. The first-order chi connectivity index (χ1) is 13.0. The number of rotatable bonds is 6. The monoisotopic (exact) mass is 500 g/mol. The van der Waals surface area contributed by atoms with E-state index in [1.54, 1.807) is 14.1 Å². The molecule has 28 heavy (non-hydrogen) atoms. The molecule has 0 unspecified atom stereocenters. The zero-order valence-corrected chi connectivity index (χ0v) is 19.6. The molecule has 1 saturated heterocycles. The molecule has 2 aliphatic rings. The van der Waals surface area contributed by atoms with Gasteiger partial charge in [-0.25, -0.2) is 4.99 Å². The highest BCUT2D eigenvalue weighted by Crippen LogP contribution is 2.47. The number of carbonyl (C=O) groups is 1. The highest BCUT2D eigenvalue weighted by atomic mass is 127. The fourth-order valence-electron chi connectivity index (χ4n) is 3.80. The molecule has 1 spiro atoms. The van der Waals surface area contributed by atoms with Gasteiger partial charge in [0.1, 0.15) is 5.75 Å². The number of nitrogens with zero attached hydrogens (tertiary/aromatic N) is 3. The topological polar surface area (TPSA) is 57.2 Å². The van der Waals surface area contributed by atoms with Gasteiger partial charge in [0.25, 0.3) is 5.91 Å². The third-order valence-electron chi connectivity index (χ3n) is 5.66. The van der Waals surface area contributed by atoms with Crippen LogP contribution < -0.4 is 10.1 Å². The Hall–Kier alpha value is -1.51. The highest BCUT2D eigenvalue weighted by molar-refractivity contribution is 14.0. The minimum absolute atomic E-state index is 0. The molecule has 2 fully saturated rings. The van der Waals surface area contributed by atoms with E-state index < -0.39 is 0 Å². The van der Waals surface area contributed by atoms with E-state index >= 15 is 0 Å². The van der Waals surface area contributed by atoms with Crippen molar-refractivity contribution in [2.45, 2.75) is 39.2 Å². The third-order valence-corrected chi connectivity index (χ3v) is 5.66. The molecule has 0 atom stereocenters. The SMILES string of the molecule is CCNC(=NCc1cccc(OCC(=O)N(C)C)c1)N1CCC2(CCC2)C1.I. The summed E-state index contributed by atoms with van der Waals surface area (Å²) in [5.41, 5.74) is 1.64. The maximum Gasteiger partial charge on any atom is 0.259 e. The predicted molar refractivity (Wildman–Crippen MR) is 123 cm³/mol. The second-order valence-corrected chi connectivity index (χ2v) is 7.92. The molecule has 1 aliphatic carbocycles. The summed E-state index contributed by atoms with van der Waals surface area (Å²) in [6, 6.07) is 7.84. The van der Waals surface area contributed by atoms with E-state index in [9.17, 15) is 4.79 Å². The minimum atomic E-state index is -0.0492. The molecule has 0 aromatic heterocycles. The number of guanidine groups is 1. The first kappa shape index (κ1) is 22.8. The van der Waals surface area contributed by atoms with E-state index in [1.807, 2.05) is 24.3 Å². The number of carbonyl (C=O) groups excluding carboxylic acids is 1. The molecule has 1 aliphatic heterocycles. The van der Waals surface area contributed by atoms with Crippen molar-refractivity contribution in [3.05, 3.63) is 29.8 Å². The summed E-state index contributed by atoms with van der Waals surface area (Å²) >= 11 is 0. The molecular formula is C21H33IN4O2. The maximum absolute atomic E-state index is 11.7. The first-order valence-corrected chi connectivity index (χ1v) is 9.96. The lowest BCUT2D eigenvalue weighted by molar-refractivity contribution is -0.130. The lowest BCUT2D eigenvalue weighted by atomic mass is 9.68. The number of likely N-dealkylation sites (N-methyl/N-ethyl adjacent to an activating group) is 1. The van der Waals surface area contributed by atoms with E-state index in [-0.39, 0.29) is 36.5 Å². The van der Waals surface area contributed by atoms with Gasteiger partial charge >= 0.3 is 0 Å². The average Bonchev–Trinajstić information content (AvgIpc) is 3.09. The number of halogens is 1. The quantitative estimate of drug-likeness (QED) is 0.371. The highest BCUT2D eigenvalue weighted by Gasteiger charge is 2.43. The van der Waals surface area contributed by atoms with E-state index in [0.717, 1.165) is 31.2 Å². The van der Waals surface area contributed by atoms with Gasteiger partial charge in [0, 0.05) is 33.7 Å². The van der Waals surface area contributed by atoms with Crippen molar-refractivity contribution < 1.29 is 9.53 Å². The Bertz CT molecular complexity index is 689. The van der Waals surface area contributed by atoms with Crippen molar-refractivity contribution in [3.63, 3.8) is 0 Å².